The molecule has 10 nitrogen and oxygen atoms in total. The largest absolute Gasteiger partial charge is 0.465 e. The van der Waals surface area contributed by atoms with Crippen molar-refractivity contribution in [2.45, 2.75) is 77.3 Å². The molecule has 160 valence electrons. The molecule has 0 radical (unpaired) electrons. The molecule has 2 rings (SSSR count). The summed E-state index contributed by atoms with van der Waals surface area (Å²) in [7, 11) is 0. The van der Waals surface area contributed by atoms with Crippen LogP contribution in [-0.4, -0.2) is 46.1 Å². The van der Waals surface area contributed by atoms with E-state index in [-0.39, 0.29) is 46.5 Å². The zero-order valence-corrected chi connectivity index (χ0v) is 17.0. The number of ether oxygens (including phenoxy) is 2. The molecule has 0 aromatic heterocycles. The Kier molecular flexibility index (Phi) is 8.31. The van der Waals surface area contributed by atoms with Crippen molar-refractivity contribution < 1.29 is 28.9 Å². The summed E-state index contributed by atoms with van der Waals surface area (Å²) >= 11 is 0. The van der Waals surface area contributed by atoms with Crippen molar-refractivity contribution in [1.29, 1.82) is 0 Å². The maximum Gasteiger partial charge on any atom is 0.309 e. The molecule has 2 aliphatic rings. The standard InChI is InChI=1S/2C9H15NO4/c2*1-9(2,10(12)13)6-7-4-3-5-14-8(7)11/h2*7H,3-6H2,1-2H3/t7-;/m0./s1. The minimum atomic E-state index is -1.04. The zero-order valence-electron chi connectivity index (χ0n) is 17.0. The fourth-order valence-electron chi connectivity index (χ4n) is 3.20. The SMILES string of the molecule is CC(C)(CC1CCCOC1=O)[N+](=O)[O-].CC(C)(C[C@@H]1CCCOC1=O)[N+](=O)[O-]. The van der Waals surface area contributed by atoms with Gasteiger partial charge in [-0.25, -0.2) is 0 Å². The number of carbonyl (C=O) groups is 2. The first kappa shape index (κ1) is 23.8. The predicted molar refractivity (Wildman–Crippen MR) is 98.7 cm³/mol. The lowest BCUT2D eigenvalue weighted by molar-refractivity contribution is -0.563. The molecular weight excluding hydrogens is 372 g/mol. The molecule has 28 heavy (non-hydrogen) atoms. The van der Waals surface area contributed by atoms with Crippen molar-refractivity contribution in [1.82, 2.24) is 0 Å². The Hall–Kier alpha value is -2.26. The lowest BCUT2D eigenvalue weighted by atomic mass is 9.87. The Morgan fingerprint density at radius 1 is 0.821 bits per heavy atom. The number of hydrogen-bond donors (Lipinski definition) is 0. The molecule has 2 fully saturated rings. The van der Waals surface area contributed by atoms with Gasteiger partial charge in [0.25, 0.3) is 0 Å². The molecule has 0 aromatic carbocycles. The van der Waals surface area contributed by atoms with E-state index in [2.05, 4.69) is 0 Å². The first-order chi connectivity index (χ1) is 12.9. The maximum absolute atomic E-state index is 11.2. The van der Waals surface area contributed by atoms with Gasteiger partial charge in [0.05, 0.1) is 25.0 Å². The van der Waals surface area contributed by atoms with Crippen molar-refractivity contribution in [3.63, 3.8) is 0 Å². The monoisotopic (exact) mass is 402 g/mol. The number of nitro groups is 2. The van der Waals surface area contributed by atoms with Crippen LogP contribution >= 0.6 is 0 Å². The van der Waals surface area contributed by atoms with E-state index < -0.39 is 11.1 Å². The third-order valence-corrected chi connectivity index (χ3v) is 5.03. The first-order valence-corrected chi connectivity index (χ1v) is 9.49. The fraction of sp³-hybridized carbons (Fsp3) is 0.889. The van der Waals surface area contributed by atoms with Crippen molar-refractivity contribution >= 4 is 11.9 Å². The van der Waals surface area contributed by atoms with Gasteiger partial charge in [-0.15, -0.1) is 0 Å². The second-order valence-corrected chi connectivity index (χ2v) is 8.56. The normalized spacial score (nSPS) is 23.0. The smallest absolute Gasteiger partial charge is 0.309 e. The molecule has 2 aliphatic heterocycles. The van der Waals surface area contributed by atoms with Crippen LogP contribution < -0.4 is 0 Å². The van der Waals surface area contributed by atoms with Gasteiger partial charge in [-0.1, -0.05) is 0 Å². The van der Waals surface area contributed by atoms with Crippen LogP contribution in [0.25, 0.3) is 0 Å². The van der Waals surface area contributed by atoms with Gasteiger partial charge in [0.2, 0.25) is 11.1 Å². The van der Waals surface area contributed by atoms with E-state index in [0.717, 1.165) is 12.8 Å². The highest BCUT2D eigenvalue weighted by molar-refractivity contribution is 5.73. The molecule has 0 N–H and O–H groups in total. The summed E-state index contributed by atoms with van der Waals surface area (Å²) in [5.41, 5.74) is -2.08. The van der Waals surface area contributed by atoms with Gasteiger partial charge in [0, 0.05) is 50.4 Å². The van der Waals surface area contributed by atoms with Crippen LogP contribution in [0.3, 0.4) is 0 Å². The van der Waals surface area contributed by atoms with E-state index in [1.54, 1.807) is 0 Å². The van der Waals surface area contributed by atoms with Gasteiger partial charge >= 0.3 is 11.9 Å². The summed E-state index contributed by atoms with van der Waals surface area (Å²) < 4.78 is 9.71. The van der Waals surface area contributed by atoms with Crippen molar-refractivity contribution in [2.24, 2.45) is 11.8 Å². The molecule has 1 unspecified atom stereocenters. The third kappa shape index (κ3) is 7.05. The Labute approximate surface area is 164 Å². The van der Waals surface area contributed by atoms with Crippen LogP contribution in [-0.2, 0) is 19.1 Å². The Bertz CT molecular complexity index is 550. The molecule has 2 heterocycles. The highest BCUT2D eigenvalue weighted by Crippen LogP contribution is 2.27. The molecule has 0 aliphatic carbocycles. The van der Waals surface area contributed by atoms with Gasteiger partial charge in [-0.2, -0.15) is 0 Å². The Morgan fingerprint density at radius 2 is 1.14 bits per heavy atom. The summed E-state index contributed by atoms with van der Waals surface area (Å²) in [4.78, 5) is 43.1. The van der Waals surface area contributed by atoms with Crippen LogP contribution in [0.4, 0.5) is 0 Å². The van der Waals surface area contributed by atoms with Gasteiger partial charge in [0.1, 0.15) is 0 Å². The number of nitrogens with zero attached hydrogens (tertiary/aromatic N) is 2. The average molecular weight is 402 g/mol. The molecule has 2 saturated heterocycles. The van der Waals surface area contributed by atoms with E-state index >= 15 is 0 Å². The van der Waals surface area contributed by atoms with E-state index in [1.165, 1.54) is 27.7 Å². The third-order valence-electron chi connectivity index (χ3n) is 5.03. The lowest BCUT2D eigenvalue weighted by Gasteiger charge is -2.24. The zero-order chi connectivity index (χ0) is 21.5. The van der Waals surface area contributed by atoms with Crippen LogP contribution in [0.1, 0.15) is 66.2 Å². The van der Waals surface area contributed by atoms with Gasteiger partial charge in [-0.3, -0.25) is 29.8 Å². The molecule has 0 saturated carbocycles. The highest BCUT2D eigenvalue weighted by atomic mass is 16.6. The fourth-order valence-corrected chi connectivity index (χ4v) is 3.20. The minimum Gasteiger partial charge on any atom is -0.465 e. The molecular formula is C18H30N2O8. The quantitative estimate of drug-likeness (QED) is 0.375. The summed E-state index contributed by atoms with van der Waals surface area (Å²) in [6.45, 7) is 7.05. The first-order valence-electron chi connectivity index (χ1n) is 9.49. The van der Waals surface area contributed by atoms with Gasteiger partial charge in [-0.05, 0) is 25.7 Å². The van der Waals surface area contributed by atoms with Gasteiger partial charge < -0.3 is 9.47 Å². The van der Waals surface area contributed by atoms with Gasteiger partial charge in [0.15, 0.2) is 0 Å². The molecule has 2 atom stereocenters. The lowest BCUT2D eigenvalue weighted by Crippen LogP contribution is -2.37. The number of hydrogen-bond acceptors (Lipinski definition) is 8. The summed E-state index contributed by atoms with van der Waals surface area (Å²) in [6.07, 6.45) is 3.55. The van der Waals surface area contributed by atoms with Crippen molar-refractivity contribution in [2.75, 3.05) is 13.2 Å². The molecule has 0 aromatic rings. The topological polar surface area (TPSA) is 139 Å². The number of rotatable bonds is 6. The Morgan fingerprint density at radius 3 is 1.39 bits per heavy atom. The summed E-state index contributed by atoms with van der Waals surface area (Å²) in [5.74, 6) is -1.18. The second kappa shape index (κ2) is 9.79. The Balaban J connectivity index is 0.000000280. The van der Waals surface area contributed by atoms with Crippen LogP contribution in [0.15, 0.2) is 0 Å². The van der Waals surface area contributed by atoms with Crippen LogP contribution in [0.2, 0.25) is 0 Å². The van der Waals surface area contributed by atoms with E-state index in [0.29, 0.717) is 26.1 Å². The van der Waals surface area contributed by atoms with E-state index in [9.17, 15) is 29.8 Å². The molecule has 0 spiro atoms. The number of cyclic esters (lactones) is 2. The molecule has 10 heteroatoms. The van der Waals surface area contributed by atoms with Crippen molar-refractivity contribution in [3.05, 3.63) is 20.2 Å². The summed E-state index contributed by atoms with van der Waals surface area (Å²) in [5, 5.41) is 21.3. The number of esters is 2. The molecule has 0 amide bonds. The van der Waals surface area contributed by atoms with Crippen molar-refractivity contribution in [3.8, 4) is 0 Å². The second-order valence-electron chi connectivity index (χ2n) is 8.56. The predicted octanol–water partition coefficient (Wildman–Crippen LogP) is 2.77. The molecule has 0 bridgehead atoms. The van der Waals surface area contributed by atoms with Crippen LogP contribution in [0.5, 0.6) is 0 Å². The average Bonchev–Trinajstić information content (AvgIpc) is 2.59. The van der Waals surface area contributed by atoms with E-state index in [1.807, 2.05) is 0 Å². The number of carbonyl (C=O) groups excluding carboxylic acids is 2. The van der Waals surface area contributed by atoms with E-state index in [4.69, 9.17) is 9.47 Å². The highest BCUT2D eigenvalue weighted by Gasteiger charge is 2.39. The maximum atomic E-state index is 11.2. The minimum absolute atomic E-state index is 0.263. The summed E-state index contributed by atoms with van der Waals surface area (Å²) in [6, 6.07) is 0. The van der Waals surface area contributed by atoms with Crippen LogP contribution in [0, 0.1) is 32.1 Å².